The van der Waals surface area contributed by atoms with Crippen molar-refractivity contribution in [1.82, 2.24) is 4.98 Å². The SMILES string of the molecule is CCCOc1ccc(CBr)c(OCc2cccc(C)n2)c1. The Kier molecular flexibility index (Phi) is 6.05. The van der Waals surface area contributed by atoms with Gasteiger partial charge in [-0.05, 0) is 31.5 Å². The van der Waals surface area contributed by atoms with Crippen LogP contribution in [-0.2, 0) is 11.9 Å². The number of ether oxygens (including phenoxy) is 2. The minimum atomic E-state index is 0.457. The molecule has 0 radical (unpaired) electrons. The standard InChI is InChI=1S/C17H20BrNO2/c1-3-9-20-16-8-7-14(11-18)17(10-16)21-12-15-6-4-5-13(2)19-15/h4-8,10H,3,9,11-12H2,1-2H3. The molecule has 0 spiro atoms. The third kappa shape index (κ3) is 4.74. The van der Waals surface area contributed by atoms with Crippen molar-refractivity contribution in [2.45, 2.75) is 32.2 Å². The van der Waals surface area contributed by atoms with Crippen LogP contribution in [0, 0.1) is 6.92 Å². The van der Waals surface area contributed by atoms with Crippen LogP contribution >= 0.6 is 15.9 Å². The highest BCUT2D eigenvalue weighted by Crippen LogP contribution is 2.27. The van der Waals surface area contributed by atoms with Gasteiger partial charge in [0.1, 0.15) is 18.1 Å². The molecular weight excluding hydrogens is 330 g/mol. The van der Waals surface area contributed by atoms with Gasteiger partial charge in [0, 0.05) is 22.7 Å². The average molecular weight is 350 g/mol. The summed E-state index contributed by atoms with van der Waals surface area (Å²) in [5, 5.41) is 0.748. The van der Waals surface area contributed by atoms with Crippen LogP contribution in [0.2, 0.25) is 0 Å². The van der Waals surface area contributed by atoms with Gasteiger partial charge in [0.15, 0.2) is 0 Å². The molecule has 0 unspecified atom stereocenters. The summed E-state index contributed by atoms with van der Waals surface area (Å²) in [6, 6.07) is 11.9. The van der Waals surface area contributed by atoms with Gasteiger partial charge in [-0.3, -0.25) is 4.98 Å². The third-order valence-corrected chi connectivity index (χ3v) is 3.58. The summed E-state index contributed by atoms with van der Waals surface area (Å²) in [5.41, 5.74) is 3.03. The van der Waals surface area contributed by atoms with Crippen molar-refractivity contribution < 1.29 is 9.47 Å². The van der Waals surface area contributed by atoms with Gasteiger partial charge in [0.25, 0.3) is 0 Å². The fourth-order valence-electron chi connectivity index (χ4n) is 1.92. The molecule has 0 aliphatic carbocycles. The second-order valence-corrected chi connectivity index (χ2v) is 5.37. The highest BCUT2D eigenvalue weighted by atomic mass is 79.9. The third-order valence-electron chi connectivity index (χ3n) is 2.98. The van der Waals surface area contributed by atoms with E-state index >= 15 is 0 Å². The van der Waals surface area contributed by atoms with Crippen LogP contribution in [0.15, 0.2) is 36.4 Å². The van der Waals surface area contributed by atoms with E-state index in [0.717, 1.165) is 40.2 Å². The van der Waals surface area contributed by atoms with Crippen molar-refractivity contribution in [2.75, 3.05) is 6.61 Å². The van der Waals surface area contributed by atoms with E-state index in [1.54, 1.807) is 0 Å². The number of hydrogen-bond acceptors (Lipinski definition) is 3. The first-order valence-corrected chi connectivity index (χ1v) is 8.22. The Morgan fingerprint density at radius 3 is 2.71 bits per heavy atom. The lowest BCUT2D eigenvalue weighted by Gasteiger charge is -2.12. The summed E-state index contributed by atoms with van der Waals surface area (Å²) >= 11 is 3.49. The summed E-state index contributed by atoms with van der Waals surface area (Å²) < 4.78 is 11.6. The molecule has 0 bridgehead atoms. The van der Waals surface area contributed by atoms with Crippen LogP contribution in [0.3, 0.4) is 0 Å². The second-order valence-electron chi connectivity index (χ2n) is 4.81. The fourth-order valence-corrected chi connectivity index (χ4v) is 2.38. The van der Waals surface area contributed by atoms with Crippen molar-refractivity contribution in [3.05, 3.63) is 53.3 Å². The van der Waals surface area contributed by atoms with Crippen LogP contribution in [-0.4, -0.2) is 11.6 Å². The van der Waals surface area contributed by atoms with E-state index in [2.05, 4.69) is 27.8 Å². The lowest BCUT2D eigenvalue weighted by atomic mass is 10.2. The summed E-state index contributed by atoms with van der Waals surface area (Å²) in [6.45, 7) is 5.24. The van der Waals surface area contributed by atoms with Gasteiger partial charge in [-0.2, -0.15) is 0 Å². The van der Waals surface area contributed by atoms with Gasteiger partial charge in [-0.15, -0.1) is 0 Å². The molecule has 1 heterocycles. The van der Waals surface area contributed by atoms with Crippen LogP contribution in [0.4, 0.5) is 0 Å². The molecule has 0 atom stereocenters. The topological polar surface area (TPSA) is 31.4 Å². The fraction of sp³-hybridized carbons (Fsp3) is 0.353. The van der Waals surface area contributed by atoms with E-state index in [4.69, 9.17) is 9.47 Å². The van der Waals surface area contributed by atoms with Crippen molar-refractivity contribution in [3.63, 3.8) is 0 Å². The summed E-state index contributed by atoms with van der Waals surface area (Å²) in [6.07, 6.45) is 0.990. The minimum absolute atomic E-state index is 0.457. The summed E-state index contributed by atoms with van der Waals surface area (Å²) in [5.74, 6) is 1.68. The maximum atomic E-state index is 5.92. The van der Waals surface area contributed by atoms with Crippen LogP contribution in [0.25, 0.3) is 0 Å². The Morgan fingerprint density at radius 2 is 2.00 bits per heavy atom. The van der Waals surface area contributed by atoms with Crippen molar-refractivity contribution in [3.8, 4) is 11.5 Å². The maximum absolute atomic E-state index is 5.92. The van der Waals surface area contributed by atoms with Crippen LogP contribution < -0.4 is 9.47 Å². The largest absolute Gasteiger partial charge is 0.493 e. The van der Waals surface area contributed by atoms with Crippen LogP contribution in [0.5, 0.6) is 11.5 Å². The van der Waals surface area contributed by atoms with Crippen molar-refractivity contribution in [2.24, 2.45) is 0 Å². The molecule has 0 aliphatic heterocycles. The Balaban J connectivity index is 2.09. The molecule has 0 N–H and O–H groups in total. The van der Waals surface area contributed by atoms with E-state index in [9.17, 15) is 0 Å². The minimum Gasteiger partial charge on any atom is -0.493 e. The molecule has 3 nitrogen and oxygen atoms in total. The number of halogens is 1. The second kappa shape index (κ2) is 8.03. The maximum Gasteiger partial charge on any atom is 0.130 e. The van der Waals surface area contributed by atoms with Gasteiger partial charge in [-0.1, -0.05) is 35.0 Å². The molecule has 0 saturated heterocycles. The van der Waals surface area contributed by atoms with E-state index in [1.165, 1.54) is 0 Å². The quantitative estimate of drug-likeness (QED) is 0.681. The summed E-state index contributed by atoms with van der Waals surface area (Å²) in [4.78, 5) is 4.45. The van der Waals surface area contributed by atoms with Gasteiger partial charge in [0.2, 0.25) is 0 Å². The molecule has 0 aliphatic rings. The zero-order valence-electron chi connectivity index (χ0n) is 12.4. The number of benzene rings is 1. The Hall–Kier alpha value is -1.55. The zero-order valence-corrected chi connectivity index (χ0v) is 14.0. The predicted octanol–water partition coefficient (Wildman–Crippen LogP) is 4.65. The molecule has 0 fully saturated rings. The lowest BCUT2D eigenvalue weighted by Crippen LogP contribution is -2.02. The number of rotatable bonds is 7. The molecule has 1 aromatic heterocycles. The van der Waals surface area contributed by atoms with Crippen molar-refractivity contribution >= 4 is 15.9 Å². The van der Waals surface area contributed by atoms with Crippen molar-refractivity contribution in [1.29, 1.82) is 0 Å². The van der Waals surface area contributed by atoms with Gasteiger partial charge in [0.05, 0.1) is 12.3 Å². The summed E-state index contributed by atoms with van der Waals surface area (Å²) in [7, 11) is 0. The van der Waals surface area contributed by atoms with E-state index in [0.29, 0.717) is 13.2 Å². The van der Waals surface area contributed by atoms with Crippen LogP contribution in [0.1, 0.15) is 30.3 Å². The number of nitrogens with zero attached hydrogens (tertiary/aromatic N) is 1. The Labute approximate surface area is 134 Å². The first kappa shape index (κ1) is 15.8. The molecule has 21 heavy (non-hydrogen) atoms. The molecular formula is C17H20BrNO2. The number of pyridine rings is 1. The smallest absolute Gasteiger partial charge is 0.130 e. The Bertz CT molecular complexity index is 587. The first-order valence-electron chi connectivity index (χ1n) is 7.10. The number of alkyl halides is 1. The molecule has 1 aromatic carbocycles. The average Bonchev–Trinajstić information content (AvgIpc) is 2.51. The number of aryl methyl sites for hydroxylation is 1. The van der Waals surface area contributed by atoms with Gasteiger partial charge >= 0.3 is 0 Å². The van der Waals surface area contributed by atoms with E-state index in [-0.39, 0.29) is 0 Å². The molecule has 0 saturated carbocycles. The molecule has 4 heteroatoms. The Morgan fingerprint density at radius 1 is 1.14 bits per heavy atom. The molecule has 2 rings (SSSR count). The van der Waals surface area contributed by atoms with Gasteiger partial charge in [-0.25, -0.2) is 0 Å². The molecule has 2 aromatic rings. The first-order chi connectivity index (χ1) is 10.2. The normalized spacial score (nSPS) is 10.4. The van der Waals surface area contributed by atoms with E-state index in [1.807, 2.05) is 43.3 Å². The van der Waals surface area contributed by atoms with E-state index < -0.39 is 0 Å². The monoisotopic (exact) mass is 349 g/mol. The zero-order chi connectivity index (χ0) is 15.1. The molecule has 112 valence electrons. The lowest BCUT2D eigenvalue weighted by molar-refractivity contribution is 0.289. The number of aromatic nitrogens is 1. The highest BCUT2D eigenvalue weighted by Gasteiger charge is 2.06. The van der Waals surface area contributed by atoms with Gasteiger partial charge < -0.3 is 9.47 Å². The number of hydrogen-bond donors (Lipinski definition) is 0. The molecule has 0 amide bonds. The highest BCUT2D eigenvalue weighted by molar-refractivity contribution is 9.08. The predicted molar refractivity (Wildman–Crippen MR) is 88.2 cm³/mol.